The van der Waals surface area contributed by atoms with E-state index in [1.165, 1.54) is 12.1 Å². The average molecular weight is 304 g/mol. The minimum atomic E-state index is -1.33. The minimum Gasteiger partial charge on any atom is -0.545 e. The SMILES string of the molecule is COc1ccc(/C=N\Nc2ccc(Cl)c(C(=O)[O-])c2)cc1. The second kappa shape index (κ2) is 6.76. The van der Waals surface area contributed by atoms with Crippen LogP contribution in [0.1, 0.15) is 15.9 Å². The summed E-state index contributed by atoms with van der Waals surface area (Å²) in [6.07, 6.45) is 1.60. The van der Waals surface area contributed by atoms with Crippen molar-refractivity contribution in [1.82, 2.24) is 0 Å². The standard InChI is InChI=1S/C15H13ClN2O3/c1-21-12-5-2-10(3-6-12)9-17-18-11-4-7-14(16)13(8-11)15(19)20/h2-9,18H,1H3,(H,19,20)/p-1/b17-9-. The lowest BCUT2D eigenvalue weighted by molar-refractivity contribution is -0.255. The van der Waals surface area contributed by atoms with Gasteiger partial charge in [-0.2, -0.15) is 5.10 Å². The fourth-order valence-corrected chi connectivity index (χ4v) is 1.82. The molecular formula is C15H12ClN2O3-. The molecule has 2 aromatic carbocycles. The number of carbonyl (C=O) groups is 1. The Hall–Kier alpha value is -2.53. The number of benzene rings is 2. The van der Waals surface area contributed by atoms with Crippen molar-refractivity contribution in [3.63, 3.8) is 0 Å². The number of carbonyl (C=O) groups excluding carboxylic acids is 1. The molecule has 5 nitrogen and oxygen atoms in total. The van der Waals surface area contributed by atoms with Crippen LogP contribution >= 0.6 is 11.6 Å². The fourth-order valence-electron chi connectivity index (χ4n) is 1.62. The number of carboxylic acid groups (broad SMARTS) is 1. The van der Waals surface area contributed by atoms with E-state index in [-0.39, 0.29) is 10.6 Å². The van der Waals surface area contributed by atoms with Gasteiger partial charge in [0.25, 0.3) is 0 Å². The topological polar surface area (TPSA) is 73.8 Å². The summed E-state index contributed by atoms with van der Waals surface area (Å²) in [6, 6.07) is 11.8. The van der Waals surface area contributed by atoms with Gasteiger partial charge < -0.3 is 14.6 Å². The number of carboxylic acids is 1. The molecule has 0 fully saturated rings. The quantitative estimate of drug-likeness (QED) is 0.678. The number of nitrogens with zero attached hydrogens (tertiary/aromatic N) is 1. The van der Waals surface area contributed by atoms with Gasteiger partial charge in [-0.3, -0.25) is 5.43 Å². The van der Waals surface area contributed by atoms with Crippen molar-refractivity contribution >= 4 is 29.5 Å². The second-order valence-corrected chi connectivity index (χ2v) is 4.53. The van der Waals surface area contributed by atoms with Gasteiger partial charge >= 0.3 is 0 Å². The molecule has 0 radical (unpaired) electrons. The highest BCUT2D eigenvalue weighted by atomic mass is 35.5. The van der Waals surface area contributed by atoms with Crippen LogP contribution in [0.2, 0.25) is 5.02 Å². The van der Waals surface area contributed by atoms with E-state index >= 15 is 0 Å². The van der Waals surface area contributed by atoms with E-state index in [0.717, 1.165) is 11.3 Å². The summed E-state index contributed by atoms with van der Waals surface area (Å²) in [7, 11) is 1.60. The van der Waals surface area contributed by atoms with Crippen LogP contribution in [0.15, 0.2) is 47.6 Å². The van der Waals surface area contributed by atoms with Gasteiger partial charge in [0.05, 0.1) is 25.0 Å². The van der Waals surface area contributed by atoms with Crippen LogP contribution in [0.4, 0.5) is 5.69 Å². The highest BCUT2D eigenvalue weighted by Crippen LogP contribution is 2.20. The van der Waals surface area contributed by atoms with E-state index in [4.69, 9.17) is 16.3 Å². The molecule has 2 aromatic rings. The molecule has 0 aliphatic heterocycles. The molecule has 0 amide bonds. The molecule has 1 N–H and O–H groups in total. The van der Waals surface area contributed by atoms with E-state index in [1.54, 1.807) is 19.4 Å². The van der Waals surface area contributed by atoms with Crippen molar-refractivity contribution in [2.45, 2.75) is 0 Å². The van der Waals surface area contributed by atoms with Crippen LogP contribution in [0.5, 0.6) is 5.75 Å². The van der Waals surface area contributed by atoms with Gasteiger partial charge in [0.2, 0.25) is 0 Å². The number of aromatic carboxylic acids is 1. The van der Waals surface area contributed by atoms with Gasteiger partial charge in [-0.05, 0) is 48.0 Å². The second-order valence-electron chi connectivity index (χ2n) is 4.13. The van der Waals surface area contributed by atoms with Gasteiger partial charge in [-0.25, -0.2) is 0 Å². The summed E-state index contributed by atoms with van der Waals surface area (Å²) in [4.78, 5) is 10.9. The largest absolute Gasteiger partial charge is 0.545 e. The Labute approximate surface area is 126 Å². The Morgan fingerprint density at radius 1 is 1.29 bits per heavy atom. The minimum absolute atomic E-state index is 0.0821. The molecule has 0 aliphatic carbocycles. The summed E-state index contributed by atoms with van der Waals surface area (Å²) >= 11 is 5.75. The van der Waals surface area contributed by atoms with Crippen LogP contribution in [0.3, 0.4) is 0 Å². The highest BCUT2D eigenvalue weighted by molar-refractivity contribution is 6.33. The third-order valence-electron chi connectivity index (χ3n) is 2.71. The lowest BCUT2D eigenvalue weighted by atomic mass is 10.2. The predicted molar refractivity (Wildman–Crippen MR) is 80.0 cm³/mol. The highest BCUT2D eigenvalue weighted by Gasteiger charge is 2.02. The van der Waals surface area contributed by atoms with Crippen molar-refractivity contribution in [2.75, 3.05) is 12.5 Å². The predicted octanol–water partition coefficient (Wildman–Crippen LogP) is 2.16. The Morgan fingerprint density at radius 3 is 2.62 bits per heavy atom. The number of hydrogen-bond donors (Lipinski definition) is 1. The lowest BCUT2D eigenvalue weighted by Gasteiger charge is -2.07. The van der Waals surface area contributed by atoms with Crippen LogP contribution in [-0.4, -0.2) is 19.3 Å². The summed E-state index contributed by atoms with van der Waals surface area (Å²) in [5.74, 6) is -0.570. The maximum Gasteiger partial charge on any atom is 0.118 e. The number of nitrogens with one attached hydrogen (secondary N) is 1. The molecule has 2 rings (SSSR count). The molecule has 6 heteroatoms. The molecule has 0 atom stereocenters. The third kappa shape index (κ3) is 3.97. The molecule has 0 saturated carbocycles. The Morgan fingerprint density at radius 2 is 2.00 bits per heavy atom. The number of hydrazone groups is 1. The molecular weight excluding hydrogens is 292 g/mol. The van der Waals surface area contributed by atoms with E-state index < -0.39 is 5.97 Å². The van der Waals surface area contributed by atoms with Gasteiger partial charge in [-0.1, -0.05) is 11.6 Å². The zero-order valence-electron chi connectivity index (χ0n) is 11.2. The molecule has 0 unspecified atom stereocenters. The smallest absolute Gasteiger partial charge is 0.118 e. The first kappa shape index (κ1) is 14.9. The molecule has 0 aliphatic rings. The number of anilines is 1. The van der Waals surface area contributed by atoms with E-state index in [2.05, 4.69) is 10.5 Å². The van der Waals surface area contributed by atoms with Crippen LogP contribution in [0.25, 0.3) is 0 Å². The van der Waals surface area contributed by atoms with Crippen LogP contribution < -0.4 is 15.3 Å². The van der Waals surface area contributed by atoms with Gasteiger partial charge in [0, 0.05) is 10.6 Å². The van der Waals surface area contributed by atoms with Gasteiger partial charge in [-0.15, -0.1) is 0 Å². The van der Waals surface area contributed by atoms with Gasteiger partial charge in [0.1, 0.15) is 5.75 Å². The number of halogens is 1. The summed E-state index contributed by atoms with van der Waals surface area (Å²) < 4.78 is 5.06. The number of ether oxygens (including phenoxy) is 1. The maximum absolute atomic E-state index is 10.9. The molecule has 0 bridgehead atoms. The number of methoxy groups -OCH3 is 1. The Balaban J connectivity index is 2.06. The van der Waals surface area contributed by atoms with Gasteiger partial charge in [0.15, 0.2) is 0 Å². The van der Waals surface area contributed by atoms with Crippen molar-refractivity contribution in [3.8, 4) is 5.75 Å². The first-order chi connectivity index (χ1) is 10.1. The Bertz CT molecular complexity index is 669. The van der Waals surface area contributed by atoms with Crippen LogP contribution in [-0.2, 0) is 0 Å². The summed E-state index contributed by atoms with van der Waals surface area (Å²) in [6.45, 7) is 0. The summed E-state index contributed by atoms with van der Waals surface area (Å²) in [5.41, 5.74) is 4.03. The number of hydrogen-bond acceptors (Lipinski definition) is 5. The normalized spacial score (nSPS) is 10.6. The molecule has 21 heavy (non-hydrogen) atoms. The molecule has 0 spiro atoms. The van der Waals surface area contributed by atoms with Crippen molar-refractivity contribution in [3.05, 3.63) is 58.6 Å². The van der Waals surface area contributed by atoms with E-state index in [1.807, 2.05) is 24.3 Å². The lowest BCUT2D eigenvalue weighted by Crippen LogP contribution is -2.22. The first-order valence-corrected chi connectivity index (χ1v) is 6.42. The fraction of sp³-hybridized carbons (Fsp3) is 0.0667. The molecule has 0 heterocycles. The number of rotatable bonds is 5. The first-order valence-electron chi connectivity index (χ1n) is 6.04. The summed E-state index contributed by atoms with van der Waals surface area (Å²) in [5, 5.41) is 15.0. The van der Waals surface area contributed by atoms with E-state index in [0.29, 0.717) is 5.69 Å². The Kier molecular flexibility index (Phi) is 4.79. The van der Waals surface area contributed by atoms with Crippen molar-refractivity contribution < 1.29 is 14.6 Å². The van der Waals surface area contributed by atoms with Crippen molar-refractivity contribution in [1.29, 1.82) is 0 Å². The molecule has 0 saturated heterocycles. The molecule has 108 valence electrons. The molecule has 0 aromatic heterocycles. The van der Waals surface area contributed by atoms with Crippen LogP contribution in [0, 0.1) is 0 Å². The zero-order valence-corrected chi connectivity index (χ0v) is 11.9. The van der Waals surface area contributed by atoms with E-state index in [9.17, 15) is 9.90 Å². The third-order valence-corrected chi connectivity index (χ3v) is 3.04. The zero-order chi connectivity index (χ0) is 15.2. The average Bonchev–Trinajstić information content (AvgIpc) is 2.49. The monoisotopic (exact) mass is 303 g/mol. The maximum atomic E-state index is 10.9. The van der Waals surface area contributed by atoms with Crippen molar-refractivity contribution in [2.24, 2.45) is 5.10 Å².